The number of amides is 2. The predicted octanol–water partition coefficient (Wildman–Crippen LogP) is 3.64. The van der Waals surface area contributed by atoms with E-state index in [1.54, 1.807) is 30.4 Å². The van der Waals surface area contributed by atoms with Crippen LogP contribution in [0.2, 0.25) is 0 Å². The second-order valence-corrected chi connectivity index (χ2v) is 9.79. The zero-order valence-electron chi connectivity index (χ0n) is 18.3. The molecule has 2 amide bonds. The van der Waals surface area contributed by atoms with Gasteiger partial charge in [-0.25, -0.2) is 9.37 Å². The number of anilines is 2. The van der Waals surface area contributed by atoms with Gasteiger partial charge in [0, 0.05) is 48.6 Å². The summed E-state index contributed by atoms with van der Waals surface area (Å²) in [6.45, 7) is 8.60. The summed E-state index contributed by atoms with van der Waals surface area (Å²) in [4.78, 5) is 35.2. The van der Waals surface area contributed by atoms with Gasteiger partial charge < -0.3 is 15.1 Å². The first-order chi connectivity index (χ1) is 14.8. The van der Waals surface area contributed by atoms with E-state index >= 15 is 0 Å². The van der Waals surface area contributed by atoms with E-state index in [0.29, 0.717) is 17.7 Å². The smallest absolute Gasteiger partial charge is 0.227 e. The Morgan fingerprint density at radius 2 is 1.97 bits per heavy atom. The van der Waals surface area contributed by atoms with Crippen molar-refractivity contribution in [2.24, 2.45) is 11.8 Å². The normalized spacial score (nSPS) is 18.8. The number of benzene rings is 1. The number of aromatic nitrogens is 1. The highest BCUT2D eigenvalue weighted by Crippen LogP contribution is 2.35. The minimum atomic E-state index is -0.271. The number of fused-ring (bicyclic) bond motifs is 1. The van der Waals surface area contributed by atoms with Crippen molar-refractivity contribution in [2.45, 2.75) is 40.0 Å². The summed E-state index contributed by atoms with van der Waals surface area (Å²) in [6, 6.07) is 4.65. The number of aryl methyl sites for hydroxylation is 2. The lowest BCUT2D eigenvalue weighted by molar-refractivity contribution is -0.134. The molecule has 6 nitrogen and oxygen atoms in total. The van der Waals surface area contributed by atoms with Crippen LogP contribution in [-0.2, 0) is 22.4 Å². The summed E-state index contributed by atoms with van der Waals surface area (Å²) in [5.74, 6) is -0.157. The Morgan fingerprint density at radius 3 is 2.65 bits per heavy atom. The second-order valence-electron chi connectivity index (χ2n) is 8.73. The first-order valence-corrected chi connectivity index (χ1v) is 11.7. The SMILES string of the molecule is Cc1cc(NC(=O)[C@H]2CCc3nc(N4CCN(C(=O)C(C)C)CC4)sc3C2)ccc1F. The second kappa shape index (κ2) is 8.94. The molecule has 2 heterocycles. The Morgan fingerprint density at radius 1 is 1.23 bits per heavy atom. The molecule has 1 saturated heterocycles. The maximum atomic E-state index is 13.5. The number of halogens is 1. The van der Waals surface area contributed by atoms with E-state index in [4.69, 9.17) is 4.98 Å². The highest BCUT2D eigenvalue weighted by atomic mass is 32.1. The van der Waals surface area contributed by atoms with Crippen LogP contribution < -0.4 is 10.2 Å². The molecular formula is C23H29FN4O2S. The fourth-order valence-corrected chi connectivity index (χ4v) is 5.41. The molecule has 1 aliphatic heterocycles. The molecule has 4 rings (SSSR count). The Kier molecular flexibility index (Phi) is 6.27. The molecule has 1 aromatic carbocycles. The number of piperazine rings is 1. The fraction of sp³-hybridized carbons (Fsp3) is 0.522. The first kappa shape index (κ1) is 21.7. The van der Waals surface area contributed by atoms with E-state index in [0.717, 1.165) is 49.8 Å². The zero-order valence-corrected chi connectivity index (χ0v) is 19.1. The van der Waals surface area contributed by atoms with E-state index in [1.807, 2.05) is 18.7 Å². The molecule has 1 atom stereocenters. The quantitative estimate of drug-likeness (QED) is 0.782. The van der Waals surface area contributed by atoms with E-state index in [2.05, 4.69) is 10.2 Å². The van der Waals surface area contributed by atoms with Gasteiger partial charge in [-0.15, -0.1) is 11.3 Å². The Balaban J connectivity index is 1.37. The van der Waals surface area contributed by atoms with Crippen molar-refractivity contribution < 1.29 is 14.0 Å². The number of thiazole rings is 1. The molecule has 166 valence electrons. The van der Waals surface area contributed by atoms with Crippen LogP contribution in [0.3, 0.4) is 0 Å². The standard InChI is InChI=1S/C23H29FN4O2S/c1-14(2)22(30)27-8-10-28(11-9-27)23-26-19-7-4-16(13-20(19)31-23)21(29)25-17-5-6-18(24)15(3)12-17/h5-6,12,14,16H,4,7-11,13H2,1-3H3,(H,25,29)/t16-/m0/s1. The van der Waals surface area contributed by atoms with Crippen molar-refractivity contribution in [1.29, 1.82) is 0 Å². The molecule has 1 aromatic heterocycles. The fourth-order valence-electron chi connectivity index (χ4n) is 4.17. The van der Waals surface area contributed by atoms with Crippen molar-refractivity contribution in [3.05, 3.63) is 40.2 Å². The van der Waals surface area contributed by atoms with E-state index < -0.39 is 0 Å². The summed E-state index contributed by atoms with van der Waals surface area (Å²) in [5.41, 5.74) is 2.25. The van der Waals surface area contributed by atoms with E-state index in [9.17, 15) is 14.0 Å². The first-order valence-electron chi connectivity index (χ1n) is 10.9. The average Bonchev–Trinajstić information content (AvgIpc) is 3.19. The third-order valence-electron chi connectivity index (χ3n) is 6.08. The number of rotatable bonds is 4. The van der Waals surface area contributed by atoms with Crippen LogP contribution in [0.25, 0.3) is 0 Å². The average molecular weight is 445 g/mol. The van der Waals surface area contributed by atoms with Crippen molar-refractivity contribution >= 4 is 34.0 Å². The van der Waals surface area contributed by atoms with Gasteiger partial charge in [0.2, 0.25) is 11.8 Å². The third kappa shape index (κ3) is 4.74. The number of carbonyl (C=O) groups is 2. The van der Waals surface area contributed by atoms with Crippen molar-refractivity contribution in [3.63, 3.8) is 0 Å². The van der Waals surface area contributed by atoms with Crippen LogP contribution in [0.5, 0.6) is 0 Å². The lowest BCUT2D eigenvalue weighted by Gasteiger charge is -2.35. The van der Waals surface area contributed by atoms with Gasteiger partial charge in [-0.3, -0.25) is 9.59 Å². The molecule has 0 spiro atoms. The largest absolute Gasteiger partial charge is 0.345 e. The summed E-state index contributed by atoms with van der Waals surface area (Å²) in [6.07, 6.45) is 2.24. The van der Waals surface area contributed by atoms with Gasteiger partial charge >= 0.3 is 0 Å². The van der Waals surface area contributed by atoms with Gasteiger partial charge in [0.05, 0.1) is 5.69 Å². The monoisotopic (exact) mass is 444 g/mol. The highest BCUT2D eigenvalue weighted by molar-refractivity contribution is 7.15. The lowest BCUT2D eigenvalue weighted by Crippen LogP contribution is -2.49. The molecular weight excluding hydrogens is 415 g/mol. The highest BCUT2D eigenvalue weighted by Gasteiger charge is 2.30. The predicted molar refractivity (Wildman–Crippen MR) is 121 cm³/mol. The molecule has 2 aromatic rings. The molecule has 8 heteroatoms. The molecule has 1 fully saturated rings. The third-order valence-corrected chi connectivity index (χ3v) is 7.26. The van der Waals surface area contributed by atoms with Crippen LogP contribution in [0.4, 0.5) is 15.2 Å². The van der Waals surface area contributed by atoms with Gasteiger partial charge in [-0.05, 0) is 49.9 Å². The molecule has 0 saturated carbocycles. The van der Waals surface area contributed by atoms with E-state index in [1.165, 1.54) is 10.9 Å². The molecule has 2 aliphatic rings. The van der Waals surface area contributed by atoms with Crippen molar-refractivity contribution in [1.82, 2.24) is 9.88 Å². The van der Waals surface area contributed by atoms with Gasteiger partial charge in [-0.2, -0.15) is 0 Å². The minimum Gasteiger partial charge on any atom is -0.345 e. The van der Waals surface area contributed by atoms with Crippen LogP contribution >= 0.6 is 11.3 Å². The number of hydrogen-bond donors (Lipinski definition) is 1. The summed E-state index contributed by atoms with van der Waals surface area (Å²) in [7, 11) is 0. The van der Waals surface area contributed by atoms with Crippen LogP contribution in [0.15, 0.2) is 18.2 Å². The van der Waals surface area contributed by atoms with Gasteiger partial charge in [-0.1, -0.05) is 13.8 Å². The maximum absolute atomic E-state index is 13.5. The van der Waals surface area contributed by atoms with Crippen molar-refractivity contribution in [3.8, 4) is 0 Å². The van der Waals surface area contributed by atoms with Gasteiger partial charge in [0.15, 0.2) is 5.13 Å². The molecule has 0 unspecified atom stereocenters. The molecule has 0 bridgehead atoms. The topological polar surface area (TPSA) is 65.5 Å². The molecule has 1 aliphatic carbocycles. The van der Waals surface area contributed by atoms with Crippen LogP contribution in [-0.4, -0.2) is 47.9 Å². The van der Waals surface area contributed by atoms with Gasteiger partial charge in [0.1, 0.15) is 5.82 Å². The molecule has 0 radical (unpaired) electrons. The maximum Gasteiger partial charge on any atom is 0.227 e. The molecule has 31 heavy (non-hydrogen) atoms. The number of nitrogens with one attached hydrogen (secondary N) is 1. The Labute approximate surface area is 186 Å². The van der Waals surface area contributed by atoms with Crippen LogP contribution in [0.1, 0.15) is 36.4 Å². The van der Waals surface area contributed by atoms with Gasteiger partial charge in [0.25, 0.3) is 0 Å². The Hall–Kier alpha value is -2.48. The van der Waals surface area contributed by atoms with Crippen LogP contribution in [0, 0.1) is 24.6 Å². The Bertz CT molecular complexity index is 982. The number of carbonyl (C=O) groups excluding carboxylic acids is 2. The molecule has 1 N–H and O–H groups in total. The number of hydrogen-bond acceptors (Lipinski definition) is 5. The zero-order chi connectivity index (χ0) is 22.1. The van der Waals surface area contributed by atoms with E-state index in [-0.39, 0.29) is 29.5 Å². The minimum absolute atomic E-state index is 0.0209. The number of nitrogens with zero attached hydrogens (tertiary/aromatic N) is 3. The lowest BCUT2D eigenvalue weighted by atomic mass is 9.90. The summed E-state index contributed by atoms with van der Waals surface area (Å²) in [5, 5.41) is 3.93. The summed E-state index contributed by atoms with van der Waals surface area (Å²) >= 11 is 1.67. The van der Waals surface area contributed by atoms with Crippen molar-refractivity contribution in [2.75, 3.05) is 36.4 Å². The summed E-state index contributed by atoms with van der Waals surface area (Å²) < 4.78 is 13.5.